The molecule has 0 spiro atoms. The van der Waals surface area contributed by atoms with Gasteiger partial charge in [-0.1, -0.05) is 26.0 Å². The number of hydrogen-bond donors (Lipinski definition) is 1. The molecule has 0 bridgehead atoms. The SMILES string of the molecule is CCCOc1ccc(C2/C(=C(/O)c3ccc(OC(C)C)cc3)C(=O)C(=O)N2CCC)cc1. The third-order valence-electron chi connectivity index (χ3n) is 5.17. The Balaban J connectivity index is 2.02. The van der Waals surface area contributed by atoms with Crippen LogP contribution in [0.5, 0.6) is 11.5 Å². The quantitative estimate of drug-likeness (QED) is 0.336. The van der Waals surface area contributed by atoms with Crippen molar-refractivity contribution in [3.05, 3.63) is 65.2 Å². The van der Waals surface area contributed by atoms with E-state index >= 15 is 0 Å². The molecule has 1 unspecified atom stereocenters. The summed E-state index contributed by atoms with van der Waals surface area (Å²) in [4.78, 5) is 27.3. The molecule has 1 amide bonds. The van der Waals surface area contributed by atoms with Crippen molar-refractivity contribution < 1.29 is 24.2 Å². The van der Waals surface area contributed by atoms with E-state index in [0.717, 1.165) is 17.7 Å². The highest BCUT2D eigenvalue weighted by atomic mass is 16.5. The fourth-order valence-electron chi connectivity index (χ4n) is 3.78. The van der Waals surface area contributed by atoms with E-state index in [9.17, 15) is 14.7 Å². The predicted molar refractivity (Wildman–Crippen MR) is 124 cm³/mol. The number of Topliss-reactive ketones (excluding diaryl/α,β-unsaturated/α-hetero) is 1. The van der Waals surface area contributed by atoms with Crippen LogP contribution >= 0.6 is 0 Å². The first-order valence-electron chi connectivity index (χ1n) is 11.2. The number of ketones is 1. The van der Waals surface area contributed by atoms with Gasteiger partial charge in [0.15, 0.2) is 0 Å². The van der Waals surface area contributed by atoms with Crippen LogP contribution in [0.4, 0.5) is 0 Å². The van der Waals surface area contributed by atoms with Gasteiger partial charge < -0.3 is 19.5 Å². The second-order valence-corrected chi connectivity index (χ2v) is 8.10. The zero-order valence-corrected chi connectivity index (χ0v) is 19.1. The summed E-state index contributed by atoms with van der Waals surface area (Å²) in [6, 6.07) is 13.6. The summed E-state index contributed by atoms with van der Waals surface area (Å²) in [5.74, 6) is -0.0559. The van der Waals surface area contributed by atoms with Gasteiger partial charge in [-0.3, -0.25) is 9.59 Å². The van der Waals surface area contributed by atoms with E-state index in [1.54, 1.807) is 24.3 Å². The summed E-state index contributed by atoms with van der Waals surface area (Å²) in [6.45, 7) is 8.88. The minimum atomic E-state index is -0.672. The highest BCUT2D eigenvalue weighted by Crippen LogP contribution is 2.40. The van der Waals surface area contributed by atoms with Crippen molar-refractivity contribution >= 4 is 17.4 Å². The van der Waals surface area contributed by atoms with Crippen molar-refractivity contribution in [3.8, 4) is 11.5 Å². The van der Waals surface area contributed by atoms with E-state index in [2.05, 4.69) is 0 Å². The van der Waals surface area contributed by atoms with Gasteiger partial charge >= 0.3 is 0 Å². The molecule has 2 aromatic rings. The number of aliphatic hydroxyl groups is 1. The topological polar surface area (TPSA) is 76.1 Å². The molecule has 1 aliphatic rings. The molecule has 32 heavy (non-hydrogen) atoms. The molecular formula is C26H31NO5. The summed E-state index contributed by atoms with van der Waals surface area (Å²) in [5, 5.41) is 11.1. The summed E-state index contributed by atoms with van der Waals surface area (Å²) in [6.07, 6.45) is 1.63. The van der Waals surface area contributed by atoms with Crippen LogP contribution in [0.2, 0.25) is 0 Å². The molecule has 1 fully saturated rings. The van der Waals surface area contributed by atoms with Gasteiger partial charge in [0.2, 0.25) is 0 Å². The van der Waals surface area contributed by atoms with Gasteiger partial charge in [0.25, 0.3) is 11.7 Å². The highest BCUT2D eigenvalue weighted by Gasteiger charge is 2.45. The van der Waals surface area contributed by atoms with Crippen molar-refractivity contribution in [2.24, 2.45) is 0 Å². The smallest absolute Gasteiger partial charge is 0.295 e. The van der Waals surface area contributed by atoms with Crippen molar-refractivity contribution in [2.75, 3.05) is 13.2 Å². The number of benzene rings is 2. The van der Waals surface area contributed by atoms with Crippen LogP contribution in [0.15, 0.2) is 54.1 Å². The van der Waals surface area contributed by atoms with Gasteiger partial charge in [-0.05, 0) is 68.7 Å². The van der Waals surface area contributed by atoms with Gasteiger partial charge in [0.1, 0.15) is 17.3 Å². The molecule has 3 rings (SSSR count). The zero-order valence-electron chi connectivity index (χ0n) is 19.1. The number of hydrogen-bond acceptors (Lipinski definition) is 5. The van der Waals surface area contributed by atoms with Gasteiger partial charge in [-0.15, -0.1) is 0 Å². The summed E-state index contributed by atoms with van der Waals surface area (Å²) in [5.41, 5.74) is 1.31. The van der Waals surface area contributed by atoms with Crippen LogP contribution in [-0.2, 0) is 9.59 Å². The summed E-state index contributed by atoms with van der Waals surface area (Å²) < 4.78 is 11.3. The van der Waals surface area contributed by atoms with Gasteiger partial charge in [0.05, 0.1) is 24.3 Å². The number of carbonyl (C=O) groups excluding carboxylic acids is 2. The van der Waals surface area contributed by atoms with Crippen LogP contribution in [0.25, 0.3) is 5.76 Å². The first-order valence-corrected chi connectivity index (χ1v) is 11.2. The Kier molecular flexibility index (Phi) is 7.57. The van der Waals surface area contributed by atoms with E-state index < -0.39 is 17.7 Å². The standard InChI is InChI=1S/C26H31NO5/c1-5-15-27-23(18-7-11-20(12-8-18)31-16-6-2)22(25(29)26(27)30)24(28)19-9-13-21(14-10-19)32-17(3)4/h7-14,17,23,28H,5-6,15-16H2,1-4H3/b24-22-. The number of amides is 1. The number of likely N-dealkylation sites (tertiary alicyclic amines) is 1. The predicted octanol–water partition coefficient (Wildman–Crippen LogP) is 5.09. The van der Waals surface area contributed by atoms with Crippen LogP contribution in [-0.4, -0.2) is 41.0 Å². The molecular weight excluding hydrogens is 406 g/mol. The Hall–Kier alpha value is -3.28. The molecule has 2 aromatic carbocycles. The molecule has 170 valence electrons. The van der Waals surface area contributed by atoms with Crippen LogP contribution in [0.1, 0.15) is 57.7 Å². The number of nitrogens with zero attached hydrogens (tertiary/aromatic N) is 1. The lowest BCUT2D eigenvalue weighted by molar-refractivity contribution is -0.139. The highest BCUT2D eigenvalue weighted by molar-refractivity contribution is 6.46. The molecule has 0 aromatic heterocycles. The largest absolute Gasteiger partial charge is 0.507 e. The fraction of sp³-hybridized carbons (Fsp3) is 0.385. The van der Waals surface area contributed by atoms with E-state index in [-0.39, 0.29) is 17.4 Å². The monoisotopic (exact) mass is 437 g/mol. The second kappa shape index (κ2) is 10.4. The first-order chi connectivity index (χ1) is 15.4. The lowest BCUT2D eigenvalue weighted by Crippen LogP contribution is -2.30. The van der Waals surface area contributed by atoms with E-state index in [1.165, 1.54) is 4.90 Å². The number of carbonyl (C=O) groups is 2. The Morgan fingerprint density at radius 3 is 2.16 bits per heavy atom. The average molecular weight is 438 g/mol. The maximum absolute atomic E-state index is 13.0. The molecule has 0 saturated carbocycles. The molecule has 6 nitrogen and oxygen atoms in total. The number of aliphatic hydroxyl groups excluding tert-OH is 1. The molecule has 6 heteroatoms. The minimum Gasteiger partial charge on any atom is -0.507 e. The lowest BCUT2D eigenvalue weighted by atomic mass is 9.95. The molecule has 1 heterocycles. The van der Waals surface area contributed by atoms with Crippen LogP contribution in [0, 0.1) is 0 Å². The van der Waals surface area contributed by atoms with Crippen molar-refractivity contribution in [1.29, 1.82) is 0 Å². The minimum absolute atomic E-state index is 0.0260. The normalized spacial score (nSPS) is 17.8. The van der Waals surface area contributed by atoms with Gasteiger partial charge in [0, 0.05) is 12.1 Å². The van der Waals surface area contributed by atoms with Gasteiger partial charge in [-0.2, -0.15) is 0 Å². The number of ether oxygens (including phenoxy) is 2. The zero-order chi connectivity index (χ0) is 23.3. The third kappa shape index (κ3) is 4.96. The maximum Gasteiger partial charge on any atom is 0.295 e. The molecule has 1 atom stereocenters. The average Bonchev–Trinajstić information content (AvgIpc) is 3.03. The Morgan fingerprint density at radius 2 is 1.59 bits per heavy atom. The van der Waals surface area contributed by atoms with Crippen molar-refractivity contribution in [2.45, 2.75) is 52.7 Å². The van der Waals surface area contributed by atoms with Crippen LogP contribution < -0.4 is 9.47 Å². The third-order valence-corrected chi connectivity index (χ3v) is 5.17. The lowest BCUT2D eigenvalue weighted by Gasteiger charge is -2.25. The van der Waals surface area contributed by atoms with E-state index in [0.29, 0.717) is 30.9 Å². The second-order valence-electron chi connectivity index (χ2n) is 8.10. The maximum atomic E-state index is 13.0. The Labute approximate surface area is 189 Å². The van der Waals surface area contributed by atoms with Gasteiger partial charge in [-0.25, -0.2) is 0 Å². The molecule has 1 N–H and O–H groups in total. The molecule has 0 radical (unpaired) electrons. The van der Waals surface area contributed by atoms with Crippen LogP contribution in [0.3, 0.4) is 0 Å². The van der Waals surface area contributed by atoms with Crippen molar-refractivity contribution in [1.82, 2.24) is 4.90 Å². The molecule has 1 aliphatic heterocycles. The molecule has 1 saturated heterocycles. The summed E-state index contributed by atoms with van der Waals surface area (Å²) in [7, 11) is 0. The first kappa shape index (κ1) is 23.4. The van der Waals surface area contributed by atoms with E-state index in [1.807, 2.05) is 52.0 Å². The van der Waals surface area contributed by atoms with E-state index in [4.69, 9.17) is 9.47 Å². The summed E-state index contributed by atoms with van der Waals surface area (Å²) >= 11 is 0. The Morgan fingerprint density at radius 1 is 0.969 bits per heavy atom. The molecule has 0 aliphatic carbocycles. The number of rotatable bonds is 9. The van der Waals surface area contributed by atoms with Crippen molar-refractivity contribution in [3.63, 3.8) is 0 Å². The fourth-order valence-corrected chi connectivity index (χ4v) is 3.78. The Bertz CT molecular complexity index is 976.